The first-order valence-electron chi connectivity index (χ1n) is 10.1. The Morgan fingerprint density at radius 2 is 1.48 bits per heavy atom. The van der Waals surface area contributed by atoms with Gasteiger partial charge in [0, 0.05) is 6.42 Å². The van der Waals surface area contributed by atoms with Gasteiger partial charge in [-0.2, -0.15) is 0 Å². The monoisotopic (exact) mass is 330 g/mol. The second-order valence-electron chi connectivity index (χ2n) is 7.99. The van der Waals surface area contributed by atoms with Gasteiger partial charge in [0.2, 0.25) is 0 Å². The largest absolute Gasteiger partial charge is 0.372 e. The van der Waals surface area contributed by atoms with Crippen LogP contribution in [0.25, 0.3) is 0 Å². The van der Waals surface area contributed by atoms with E-state index in [1.54, 1.807) is 0 Å². The van der Waals surface area contributed by atoms with Crippen LogP contribution in [-0.2, 0) is 4.74 Å². The van der Waals surface area contributed by atoms with Crippen molar-refractivity contribution in [2.24, 2.45) is 11.8 Å². The van der Waals surface area contributed by atoms with Gasteiger partial charge in [0.1, 0.15) is 6.61 Å². The molecule has 0 unspecified atom stereocenters. The summed E-state index contributed by atoms with van der Waals surface area (Å²) in [5.41, 5.74) is 0. The van der Waals surface area contributed by atoms with E-state index >= 15 is 0 Å². The lowest BCUT2D eigenvalue weighted by atomic mass is 9.78. The second kappa shape index (κ2) is 9.96. The van der Waals surface area contributed by atoms with E-state index in [2.05, 4.69) is 6.92 Å². The Morgan fingerprint density at radius 1 is 0.870 bits per heavy atom. The van der Waals surface area contributed by atoms with Crippen molar-refractivity contribution < 1.29 is 13.5 Å². The average molecular weight is 331 g/mol. The summed E-state index contributed by atoms with van der Waals surface area (Å²) in [6, 6.07) is 0. The van der Waals surface area contributed by atoms with E-state index in [1.807, 2.05) is 0 Å². The van der Waals surface area contributed by atoms with Gasteiger partial charge in [-0.3, -0.25) is 0 Å². The first-order valence-corrected chi connectivity index (χ1v) is 10.1. The minimum Gasteiger partial charge on any atom is -0.372 e. The Balaban J connectivity index is 1.55. The summed E-state index contributed by atoms with van der Waals surface area (Å²) in [7, 11) is 0. The maximum atomic E-state index is 14.0. The molecule has 2 fully saturated rings. The van der Waals surface area contributed by atoms with Crippen LogP contribution in [-0.4, -0.2) is 18.6 Å². The number of halogens is 2. The highest BCUT2D eigenvalue weighted by Gasteiger charge is 2.31. The molecule has 0 aromatic rings. The molecular weight excluding hydrogens is 294 g/mol. The molecule has 23 heavy (non-hydrogen) atoms. The third kappa shape index (κ3) is 7.49. The van der Waals surface area contributed by atoms with Crippen molar-refractivity contribution in [1.29, 1.82) is 0 Å². The van der Waals surface area contributed by atoms with Crippen molar-refractivity contribution in [2.75, 3.05) is 6.61 Å². The molecule has 2 saturated carbocycles. The van der Waals surface area contributed by atoms with Crippen LogP contribution in [0.2, 0.25) is 0 Å². The zero-order valence-electron chi connectivity index (χ0n) is 15.0. The van der Waals surface area contributed by atoms with Gasteiger partial charge in [-0.1, -0.05) is 71.1 Å². The molecule has 0 spiro atoms. The van der Waals surface area contributed by atoms with E-state index in [1.165, 1.54) is 44.9 Å². The lowest BCUT2D eigenvalue weighted by Crippen LogP contribution is -2.28. The summed E-state index contributed by atoms with van der Waals surface area (Å²) in [6.07, 6.45) is 15.0. The zero-order valence-corrected chi connectivity index (χ0v) is 15.0. The lowest BCUT2D eigenvalue weighted by Gasteiger charge is -2.29. The van der Waals surface area contributed by atoms with Crippen LogP contribution < -0.4 is 0 Å². The molecule has 0 amide bonds. The molecule has 0 aliphatic heterocycles. The molecule has 0 atom stereocenters. The van der Waals surface area contributed by atoms with E-state index < -0.39 is 5.92 Å². The summed E-state index contributed by atoms with van der Waals surface area (Å²) in [5.74, 6) is -1.03. The highest BCUT2D eigenvalue weighted by molar-refractivity contribution is 4.75. The Bertz CT molecular complexity index is 305. The summed E-state index contributed by atoms with van der Waals surface area (Å²) in [4.78, 5) is 0. The topological polar surface area (TPSA) is 9.23 Å². The van der Waals surface area contributed by atoms with E-state index in [4.69, 9.17) is 4.74 Å². The molecule has 0 saturated heterocycles. The van der Waals surface area contributed by atoms with Crippen LogP contribution in [0.3, 0.4) is 0 Å². The first-order chi connectivity index (χ1) is 11.1. The molecule has 136 valence electrons. The molecular formula is C20H36F2O. The predicted molar refractivity (Wildman–Crippen MR) is 92.0 cm³/mol. The van der Waals surface area contributed by atoms with Gasteiger partial charge < -0.3 is 4.74 Å². The smallest absolute Gasteiger partial charge is 0.271 e. The van der Waals surface area contributed by atoms with Gasteiger partial charge in [0.25, 0.3) is 5.92 Å². The molecule has 0 heterocycles. The molecule has 0 radical (unpaired) electrons. The average Bonchev–Trinajstić information content (AvgIpc) is 2.56. The third-order valence-corrected chi connectivity index (χ3v) is 5.90. The zero-order chi connectivity index (χ0) is 16.5. The van der Waals surface area contributed by atoms with Gasteiger partial charge in [-0.15, -0.1) is 0 Å². The molecule has 0 aromatic carbocycles. The van der Waals surface area contributed by atoms with Gasteiger partial charge >= 0.3 is 0 Å². The van der Waals surface area contributed by atoms with Crippen molar-refractivity contribution in [3.05, 3.63) is 0 Å². The van der Waals surface area contributed by atoms with Crippen molar-refractivity contribution in [3.8, 4) is 0 Å². The van der Waals surface area contributed by atoms with E-state index in [0.29, 0.717) is 12.3 Å². The number of ether oxygens (including phenoxy) is 1. The highest BCUT2D eigenvalue weighted by Crippen LogP contribution is 2.35. The Labute approximate surface area is 141 Å². The van der Waals surface area contributed by atoms with Crippen LogP contribution in [0.5, 0.6) is 0 Å². The van der Waals surface area contributed by atoms with Crippen LogP contribution in [0.1, 0.15) is 96.8 Å². The third-order valence-electron chi connectivity index (χ3n) is 5.90. The number of hydrogen-bond acceptors (Lipinski definition) is 1. The normalized spacial score (nSPS) is 27.3. The predicted octanol–water partition coefficient (Wildman–Crippen LogP) is 6.75. The molecule has 1 nitrogen and oxygen atoms in total. The quantitative estimate of drug-likeness (QED) is 0.454. The van der Waals surface area contributed by atoms with E-state index in [-0.39, 0.29) is 19.1 Å². The minimum atomic E-state index is -2.63. The second-order valence-corrected chi connectivity index (χ2v) is 7.99. The van der Waals surface area contributed by atoms with Gasteiger partial charge in [0.15, 0.2) is 0 Å². The molecule has 3 heteroatoms. The first kappa shape index (κ1) is 19.1. The van der Waals surface area contributed by atoms with Gasteiger partial charge in [-0.25, -0.2) is 8.78 Å². The van der Waals surface area contributed by atoms with Crippen LogP contribution in [0, 0.1) is 11.8 Å². The van der Waals surface area contributed by atoms with Crippen molar-refractivity contribution >= 4 is 0 Å². The minimum absolute atomic E-state index is 0.00854. The Hall–Kier alpha value is -0.180. The lowest BCUT2D eigenvalue weighted by molar-refractivity contribution is -0.111. The Kier molecular flexibility index (Phi) is 8.29. The highest BCUT2D eigenvalue weighted by atomic mass is 19.3. The molecule has 2 rings (SSSR count). The van der Waals surface area contributed by atoms with Crippen molar-refractivity contribution in [1.82, 2.24) is 0 Å². The molecule has 0 bridgehead atoms. The molecule has 2 aliphatic carbocycles. The fourth-order valence-corrected chi connectivity index (χ4v) is 4.41. The Morgan fingerprint density at radius 3 is 2.09 bits per heavy atom. The maximum Gasteiger partial charge on any atom is 0.271 e. The summed E-state index contributed by atoms with van der Waals surface area (Å²) in [5, 5.41) is 0. The maximum absolute atomic E-state index is 14.0. The van der Waals surface area contributed by atoms with Crippen molar-refractivity contribution in [2.45, 2.75) is 109 Å². The fourth-order valence-electron chi connectivity index (χ4n) is 4.41. The fraction of sp³-hybridized carbons (Fsp3) is 1.00. The van der Waals surface area contributed by atoms with Crippen LogP contribution in [0.4, 0.5) is 8.78 Å². The van der Waals surface area contributed by atoms with Gasteiger partial charge in [0.05, 0.1) is 6.10 Å². The standard InChI is InChI=1S/C20H36F2O/c1-2-7-17-11-13-18(14-12-17)8-6-15-20(21,22)16-23-19-9-4-3-5-10-19/h17-19H,2-16H2,1H3. The van der Waals surface area contributed by atoms with Gasteiger partial charge in [-0.05, 0) is 31.1 Å². The van der Waals surface area contributed by atoms with Crippen LogP contribution in [0.15, 0.2) is 0 Å². The summed E-state index contributed by atoms with van der Waals surface area (Å²) in [6.45, 7) is 1.89. The van der Waals surface area contributed by atoms with Crippen molar-refractivity contribution in [3.63, 3.8) is 0 Å². The molecule has 0 N–H and O–H groups in total. The summed E-state index contributed by atoms with van der Waals surface area (Å²) < 4.78 is 33.4. The number of alkyl halides is 2. The number of hydrogen-bond donors (Lipinski definition) is 0. The molecule has 2 aliphatic rings. The SMILES string of the molecule is CCCC1CCC(CCCC(F)(F)COC2CCCCC2)CC1. The number of rotatable bonds is 9. The summed E-state index contributed by atoms with van der Waals surface area (Å²) >= 11 is 0. The van der Waals surface area contributed by atoms with Crippen LogP contribution >= 0.6 is 0 Å². The molecule has 0 aromatic heterocycles. The van der Waals surface area contributed by atoms with E-state index in [9.17, 15) is 8.78 Å². The van der Waals surface area contributed by atoms with E-state index in [0.717, 1.165) is 38.0 Å².